The van der Waals surface area contributed by atoms with E-state index in [1.807, 2.05) is 6.92 Å². The van der Waals surface area contributed by atoms with Crippen LogP contribution in [0.15, 0.2) is 6.33 Å². The second kappa shape index (κ2) is 4.90. The highest BCUT2D eigenvalue weighted by atomic mass is 35.5. The highest BCUT2D eigenvalue weighted by Gasteiger charge is 2.49. The van der Waals surface area contributed by atoms with Gasteiger partial charge in [-0.15, -0.1) is 0 Å². The quantitative estimate of drug-likeness (QED) is 0.822. The Morgan fingerprint density at radius 1 is 1.56 bits per heavy atom. The average molecular weight is 271 g/mol. The van der Waals surface area contributed by atoms with E-state index in [0.717, 1.165) is 13.0 Å². The monoisotopic (exact) mass is 270 g/mol. The Morgan fingerprint density at radius 3 is 2.89 bits per heavy atom. The molecule has 18 heavy (non-hydrogen) atoms. The van der Waals surface area contributed by atoms with Gasteiger partial charge >= 0.3 is 0 Å². The van der Waals surface area contributed by atoms with Gasteiger partial charge in [0.25, 0.3) is 0 Å². The van der Waals surface area contributed by atoms with Gasteiger partial charge in [0.1, 0.15) is 12.0 Å². The van der Waals surface area contributed by atoms with Crippen LogP contribution in [0.3, 0.4) is 0 Å². The minimum atomic E-state index is 0.0554. The van der Waals surface area contributed by atoms with Gasteiger partial charge in [-0.2, -0.15) is 0 Å². The van der Waals surface area contributed by atoms with Crippen molar-refractivity contribution in [1.29, 1.82) is 0 Å². The molecule has 2 atom stereocenters. The van der Waals surface area contributed by atoms with Gasteiger partial charge in [-0.1, -0.05) is 25.4 Å². The fraction of sp³-hybridized carbons (Fsp3) is 0.667. The van der Waals surface area contributed by atoms with Crippen LogP contribution in [0.2, 0.25) is 5.15 Å². The van der Waals surface area contributed by atoms with Crippen LogP contribution in [0.25, 0.3) is 0 Å². The zero-order chi connectivity index (χ0) is 13.3. The number of nitrogens with two attached hydrogens (primary N) is 1. The number of aromatic nitrogens is 2. The van der Waals surface area contributed by atoms with Gasteiger partial charge in [-0.3, -0.25) is 0 Å². The summed E-state index contributed by atoms with van der Waals surface area (Å²) in [6.45, 7) is 7.10. The van der Waals surface area contributed by atoms with E-state index in [1.165, 1.54) is 6.33 Å². The third kappa shape index (κ3) is 2.24. The molecule has 5 nitrogen and oxygen atoms in total. The Kier molecular flexibility index (Phi) is 3.64. The summed E-state index contributed by atoms with van der Waals surface area (Å²) in [5.41, 5.74) is 6.29. The number of nitrogen functional groups attached to an aromatic ring is 1. The molecule has 1 aromatic rings. The molecule has 0 bridgehead atoms. The maximum Gasteiger partial charge on any atom is 0.157 e. The molecule has 3 N–H and O–H groups in total. The summed E-state index contributed by atoms with van der Waals surface area (Å²) >= 11 is 5.87. The van der Waals surface area contributed by atoms with E-state index in [-0.39, 0.29) is 22.7 Å². The fourth-order valence-electron chi connectivity index (χ4n) is 2.27. The molecule has 1 heterocycles. The van der Waals surface area contributed by atoms with Crippen LogP contribution >= 0.6 is 11.6 Å². The first kappa shape index (κ1) is 13.4. The highest BCUT2D eigenvalue weighted by Crippen LogP contribution is 2.44. The second-order valence-electron chi connectivity index (χ2n) is 5.12. The topological polar surface area (TPSA) is 73.1 Å². The number of anilines is 2. The zero-order valence-electron chi connectivity index (χ0n) is 10.9. The molecular formula is C12H19ClN4O. The van der Waals surface area contributed by atoms with Gasteiger partial charge in [0.2, 0.25) is 0 Å². The number of ether oxygens (including phenoxy) is 1. The van der Waals surface area contributed by atoms with Crippen molar-refractivity contribution in [1.82, 2.24) is 9.97 Å². The number of hydrogen-bond acceptors (Lipinski definition) is 5. The van der Waals surface area contributed by atoms with Gasteiger partial charge in [0.05, 0.1) is 6.10 Å². The molecule has 2 rings (SSSR count). The van der Waals surface area contributed by atoms with Crippen molar-refractivity contribution < 1.29 is 4.74 Å². The van der Waals surface area contributed by atoms with E-state index >= 15 is 0 Å². The van der Waals surface area contributed by atoms with E-state index in [9.17, 15) is 0 Å². The summed E-state index contributed by atoms with van der Waals surface area (Å²) < 4.78 is 5.68. The van der Waals surface area contributed by atoms with Crippen LogP contribution in [0.4, 0.5) is 11.5 Å². The Hall–Kier alpha value is -1.07. The maximum atomic E-state index is 5.87. The van der Waals surface area contributed by atoms with Crippen LogP contribution in [0.5, 0.6) is 0 Å². The summed E-state index contributed by atoms with van der Waals surface area (Å²) in [6, 6.07) is 0.280. The molecule has 1 saturated carbocycles. The average Bonchev–Trinajstić information content (AvgIpc) is 2.33. The lowest BCUT2D eigenvalue weighted by atomic mass is 9.64. The number of rotatable bonds is 4. The van der Waals surface area contributed by atoms with Crippen molar-refractivity contribution in [2.24, 2.45) is 5.41 Å². The van der Waals surface area contributed by atoms with E-state index in [2.05, 4.69) is 29.1 Å². The summed E-state index contributed by atoms with van der Waals surface area (Å²) in [4.78, 5) is 7.96. The molecule has 0 saturated heterocycles. The predicted molar refractivity (Wildman–Crippen MR) is 72.7 cm³/mol. The minimum Gasteiger partial charge on any atom is -0.393 e. The molecule has 100 valence electrons. The molecule has 1 aliphatic carbocycles. The summed E-state index contributed by atoms with van der Waals surface area (Å²) in [6.07, 6.45) is 2.63. The molecular weight excluding hydrogens is 252 g/mol. The summed E-state index contributed by atoms with van der Waals surface area (Å²) in [5, 5.41) is 3.61. The summed E-state index contributed by atoms with van der Waals surface area (Å²) in [5.74, 6) is 0.600. The van der Waals surface area contributed by atoms with Gasteiger partial charge in [0.15, 0.2) is 11.0 Å². The highest BCUT2D eigenvalue weighted by molar-refractivity contribution is 6.32. The fourth-order valence-corrected chi connectivity index (χ4v) is 2.40. The molecule has 6 heteroatoms. The lowest BCUT2D eigenvalue weighted by molar-refractivity contribution is -0.0976. The zero-order valence-corrected chi connectivity index (χ0v) is 11.7. The van der Waals surface area contributed by atoms with Gasteiger partial charge in [-0.05, 0) is 13.3 Å². The first-order valence-corrected chi connectivity index (χ1v) is 6.48. The summed E-state index contributed by atoms with van der Waals surface area (Å²) in [7, 11) is 0. The molecule has 1 aromatic heterocycles. The molecule has 2 unspecified atom stereocenters. The lowest BCUT2D eigenvalue weighted by Crippen LogP contribution is -2.58. The van der Waals surface area contributed by atoms with Crippen molar-refractivity contribution in [3.8, 4) is 0 Å². The third-order valence-corrected chi connectivity index (χ3v) is 3.99. The SMILES string of the molecule is CCOC1CC(Nc2ncnc(Cl)c2N)C1(C)C. The molecule has 1 aliphatic rings. The minimum absolute atomic E-state index is 0.0554. The van der Waals surface area contributed by atoms with E-state index < -0.39 is 0 Å². The number of halogens is 1. The number of nitrogens with zero attached hydrogens (tertiary/aromatic N) is 2. The van der Waals surface area contributed by atoms with Gasteiger partial charge < -0.3 is 15.8 Å². The Morgan fingerprint density at radius 2 is 2.28 bits per heavy atom. The first-order valence-electron chi connectivity index (χ1n) is 6.11. The smallest absolute Gasteiger partial charge is 0.157 e. The van der Waals surface area contributed by atoms with E-state index in [0.29, 0.717) is 11.5 Å². The molecule has 0 radical (unpaired) electrons. The van der Waals surface area contributed by atoms with Crippen molar-refractivity contribution in [2.45, 2.75) is 39.3 Å². The second-order valence-corrected chi connectivity index (χ2v) is 5.48. The number of nitrogens with one attached hydrogen (secondary N) is 1. The lowest BCUT2D eigenvalue weighted by Gasteiger charge is -2.51. The van der Waals surface area contributed by atoms with Crippen molar-refractivity contribution in [3.63, 3.8) is 0 Å². The van der Waals surface area contributed by atoms with Crippen LogP contribution < -0.4 is 11.1 Å². The van der Waals surface area contributed by atoms with Gasteiger partial charge in [0, 0.05) is 18.1 Å². The largest absolute Gasteiger partial charge is 0.393 e. The predicted octanol–water partition coefficient (Wildman–Crippen LogP) is 2.33. The molecule has 0 aliphatic heterocycles. The standard InChI is InChI=1S/C12H19ClN4O/c1-4-18-8-5-7(12(8,2)3)17-11-9(14)10(13)15-6-16-11/h6-8H,4-5,14H2,1-3H3,(H,15,16,17). The van der Waals surface area contributed by atoms with Crippen LogP contribution in [0.1, 0.15) is 27.2 Å². The van der Waals surface area contributed by atoms with Crippen LogP contribution in [0, 0.1) is 5.41 Å². The molecule has 0 amide bonds. The normalized spacial score (nSPS) is 25.6. The maximum absolute atomic E-state index is 5.87. The Labute approximate surface area is 112 Å². The van der Waals surface area contributed by atoms with E-state index in [1.54, 1.807) is 0 Å². The van der Waals surface area contributed by atoms with E-state index in [4.69, 9.17) is 22.1 Å². The third-order valence-electron chi connectivity index (χ3n) is 3.69. The van der Waals surface area contributed by atoms with Crippen LogP contribution in [-0.4, -0.2) is 28.7 Å². The van der Waals surface area contributed by atoms with Crippen LogP contribution in [-0.2, 0) is 4.74 Å². The van der Waals surface area contributed by atoms with Crippen molar-refractivity contribution >= 4 is 23.1 Å². The van der Waals surface area contributed by atoms with Crippen molar-refractivity contribution in [2.75, 3.05) is 17.7 Å². The number of hydrogen-bond donors (Lipinski definition) is 2. The molecule has 1 fully saturated rings. The van der Waals surface area contributed by atoms with Crippen molar-refractivity contribution in [3.05, 3.63) is 11.5 Å². The first-order chi connectivity index (χ1) is 8.46. The molecule has 0 spiro atoms. The Bertz CT molecular complexity index is 438. The Balaban J connectivity index is 2.06. The molecule has 0 aromatic carbocycles. The van der Waals surface area contributed by atoms with Gasteiger partial charge in [-0.25, -0.2) is 9.97 Å².